The highest BCUT2D eigenvalue weighted by molar-refractivity contribution is 7.18. The fourth-order valence-electron chi connectivity index (χ4n) is 1.63. The van der Waals surface area contributed by atoms with Crippen molar-refractivity contribution in [3.63, 3.8) is 0 Å². The molecule has 0 radical (unpaired) electrons. The molecule has 0 saturated heterocycles. The number of halogens is 1. The maximum atomic E-state index is 11.9. The van der Waals surface area contributed by atoms with Crippen molar-refractivity contribution in [3.05, 3.63) is 49.2 Å². The van der Waals surface area contributed by atoms with Gasteiger partial charge in [-0.05, 0) is 23.6 Å². The Morgan fingerprint density at radius 3 is 2.77 bits per heavy atom. The molecular weight excluding hydrogens is 362 g/mol. The Morgan fingerprint density at radius 1 is 1.23 bits per heavy atom. The first-order valence-electron chi connectivity index (χ1n) is 6.07. The smallest absolute Gasteiger partial charge is 0.358 e. The van der Waals surface area contributed by atoms with Gasteiger partial charge in [0.05, 0.1) is 9.21 Å². The molecule has 0 aromatic carbocycles. The summed E-state index contributed by atoms with van der Waals surface area (Å²) in [5.41, 5.74) is 1.18. The Bertz CT molecular complexity index is 807. The Balaban J connectivity index is 1.61. The molecule has 0 aliphatic heterocycles. The molecule has 0 N–H and O–H groups in total. The largest absolute Gasteiger partial charge is 0.453 e. The quantitative estimate of drug-likeness (QED) is 0.486. The number of hydrogen-bond donors (Lipinski definition) is 0. The van der Waals surface area contributed by atoms with E-state index in [2.05, 4.69) is 4.98 Å². The van der Waals surface area contributed by atoms with Crippen molar-refractivity contribution in [2.24, 2.45) is 0 Å². The number of thiophene rings is 2. The van der Waals surface area contributed by atoms with Gasteiger partial charge in [-0.3, -0.25) is 4.79 Å². The Morgan fingerprint density at radius 2 is 2.09 bits per heavy atom. The molecule has 0 amide bonds. The van der Waals surface area contributed by atoms with Crippen molar-refractivity contribution in [2.75, 3.05) is 6.61 Å². The first-order valence-corrected chi connectivity index (χ1v) is 9.09. The molecule has 112 valence electrons. The molecule has 0 saturated carbocycles. The number of aromatic nitrogens is 1. The number of Topliss-reactive ketones (excluding diaryl/α,β-unsaturated/α-hetero) is 1. The summed E-state index contributed by atoms with van der Waals surface area (Å²) in [4.78, 5) is 28.5. The SMILES string of the molecule is O=C(OCC(=O)c1ccc(Cl)s1)c1csc(-c2ccsc2)n1. The van der Waals surface area contributed by atoms with Crippen LogP contribution in [0.4, 0.5) is 0 Å². The second kappa shape index (κ2) is 6.70. The average Bonchev–Trinajstić information content (AvgIpc) is 3.23. The summed E-state index contributed by atoms with van der Waals surface area (Å²) in [5.74, 6) is -0.882. The van der Waals surface area contributed by atoms with E-state index in [1.165, 1.54) is 11.3 Å². The van der Waals surface area contributed by atoms with Gasteiger partial charge in [0.2, 0.25) is 5.78 Å². The van der Waals surface area contributed by atoms with E-state index in [4.69, 9.17) is 16.3 Å². The van der Waals surface area contributed by atoms with Crippen molar-refractivity contribution in [3.8, 4) is 10.6 Å². The average molecular weight is 370 g/mol. The van der Waals surface area contributed by atoms with Crippen LogP contribution in [0.25, 0.3) is 10.6 Å². The van der Waals surface area contributed by atoms with Gasteiger partial charge >= 0.3 is 5.97 Å². The Kier molecular flexibility index (Phi) is 4.68. The van der Waals surface area contributed by atoms with Gasteiger partial charge in [-0.1, -0.05) is 11.6 Å². The van der Waals surface area contributed by atoms with Crippen LogP contribution in [0.2, 0.25) is 4.34 Å². The number of thiazole rings is 1. The molecule has 3 aromatic heterocycles. The minimum Gasteiger partial charge on any atom is -0.453 e. The number of carbonyl (C=O) groups excluding carboxylic acids is 2. The van der Waals surface area contributed by atoms with E-state index >= 15 is 0 Å². The lowest BCUT2D eigenvalue weighted by atomic mass is 10.3. The monoisotopic (exact) mass is 369 g/mol. The summed E-state index contributed by atoms with van der Waals surface area (Å²) in [7, 11) is 0. The van der Waals surface area contributed by atoms with E-state index in [1.54, 1.807) is 28.8 Å². The fourth-order valence-corrected chi connectivity index (χ4v) is 4.10. The van der Waals surface area contributed by atoms with Gasteiger partial charge < -0.3 is 4.74 Å². The Labute approximate surface area is 143 Å². The fraction of sp³-hybridized carbons (Fsp3) is 0.0714. The van der Waals surface area contributed by atoms with Crippen LogP contribution in [-0.2, 0) is 4.74 Å². The van der Waals surface area contributed by atoms with E-state index in [1.807, 2.05) is 16.8 Å². The summed E-state index contributed by atoms with van der Waals surface area (Å²) in [6.45, 7) is -0.318. The van der Waals surface area contributed by atoms with E-state index in [-0.39, 0.29) is 18.1 Å². The molecule has 0 atom stereocenters. The molecule has 22 heavy (non-hydrogen) atoms. The standard InChI is InChI=1S/C14H8ClNO3S3/c15-12-2-1-11(22-12)10(17)5-19-14(18)9-7-21-13(16-9)8-3-4-20-6-8/h1-4,6-7H,5H2. The van der Waals surface area contributed by atoms with Gasteiger partial charge in [-0.15, -0.1) is 22.7 Å². The minimum atomic E-state index is -0.603. The van der Waals surface area contributed by atoms with Crippen molar-refractivity contribution in [2.45, 2.75) is 0 Å². The summed E-state index contributed by atoms with van der Waals surface area (Å²) in [5, 5.41) is 6.28. The van der Waals surface area contributed by atoms with Crippen LogP contribution in [0.15, 0.2) is 34.3 Å². The molecule has 4 nitrogen and oxygen atoms in total. The molecule has 0 aliphatic carbocycles. The zero-order valence-corrected chi connectivity index (χ0v) is 14.2. The normalized spacial score (nSPS) is 10.6. The second-order valence-electron chi connectivity index (χ2n) is 4.15. The number of esters is 1. The topological polar surface area (TPSA) is 56.3 Å². The first-order chi connectivity index (χ1) is 10.6. The van der Waals surface area contributed by atoms with Gasteiger partial charge in [-0.2, -0.15) is 11.3 Å². The lowest BCUT2D eigenvalue weighted by Crippen LogP contribution is -2.13. The number of hydrogen-bond acceptors (Lipinski definition) is 7. The van der Waals surface area contributed by atoms with Gasteiger partial charge in [0.1, 0.15) is 5.01 Å². The molecule has 0 fully saturated rings. The van der Waals surface area contributed by atoms with Gasteiger partial charge in [0.15, 0.2) is 12.3 Å². The second-order valence-corrected chi connectivity index (χ2v) is 7.51. The zero-order chi connectivity index (χ0) is 15.5. The Hall–Kier alpha value is -1.54. The van der Waals surface area contributed by atoms with Gasteiger partial charge in [0.25, 0.3) is 0 Å². The number of ketones is 1. The lowest BCUT2D eigenvalue weighted by Gasteiger charge is -2.00. The molecule has 3 heterocycles. The van der Waals surface area contributed by atoms with Crippen molar-refractivity contribution in [1.29, 1.82) is 0 Å². The van der Waals surface area contributed by atoms with E-state index in [0.29, 0.717) is 9.21 Å². The molecule has 0 unspecified atom stereocenters. The molecule has 0 bridgehead atoms. The molecule has 3 rings (SSSR count). The van der Waals surface area contributed by atoms with Crippen LogP contribution in [0.1, 0.15) is 20.2 Å². The molecular formula is C14H8ClNO3S3. The predicted octanol–water partition coefficient (Wildman–Crippen LogP) is 4.63. The lowest BCUT2D eigenvalue weighted by molar-refractivity contribution is 0.0471. The summed E-state index contributed by atoms with van der Waals surface area (Å²) >= 11 is 9.85. The summed E-state index contributed by atoms with van der Waals surface area (Å²) in [6, 6.07) is 5.18. The van der Waals surface area contributed by atoms with E-state index < -0.39 is 5.97 Å². The van der Waals surface area contributed by atoms with Crippen LogP contribution < -0.4 is 0 Å². The summed E-state index contributed by atoms with van der Waals surface area (Å²) in [6.07, 6.45) is 0. The highest BCUT2D eigenvalue weighted by Gasteiger charge is 2.16. The highest BCUT2D eigenvalue weighted by Crippen LogP contribution is 2.26. The molecule has 8 heteroatoms. The van der Waals surface area contributed by atoms with Crippen molar-refractivity contribution in [1.82, 2.24) is 4.98 Å². The van der Waals surface area contributed by atoms with E-state index in [9.17, 15) is 9.59 Å². The number of nitrogens with zero attached hydrogens (tertiary/aromatic N) is 1. The number of rotatable bonds is 5. The first kappa shape index (κ1) is 15.4. The van der Waals surface area contributed by atoms with Crippen LogP contribution in [0, 0.1) is 0 Å². The van der Waals surface area contributed by atoms with Crippen LogP contribution in [0.5, 0.6) is 0 Å². The third-order valence-corrected chi connectivity index (χ3v) is 5.51. The molecule has 0 aliphatic rings. The third kappa shape index (κ3) is 3.44. The predicted molar refractivity (Wildman–Crippen MR) is 89.4 cm³/mol. The van der Waals surface area contributed by atoms with Crippen molar-refractivity contribution >= 4 is 57.4 Å². The van der Waals surface area contributed by atoms with E-state index in [0.717, 1.165) is 21.9 Å². The number of ether oxygens (including phenoxy) is 1. The highest BCUT2D eigenvalue weighted by atomic mass is 35.5. The van der Waals surface area contributed by atoms with Crippen molar-refractivity contribution < 1.29 is 14.3 Å². The van der Waals surface area contributed by atoms with Gasteiger partial charge in [-0.25, -0.2) is 9.78 Å². The third-order valence-electron chi connectivity index (χ3n) is 2.66. The van der Waals surface area contributed by atoms with Crippen LogP contribution in [-0.4, -0.2) is 23.3 Å². The summed E-state index contributed by atoms with van der Waals surface area (Å²) < 4.78 is 5.53. The molecule has 0 spiro atoms. The molecule has 3 aromatic rings. The maximum Gasteiger partial charge on any atom is 0.358 e. The maximum absolute atomic E-state index is 11.9. The minimum absolute atomic E-state index is 0.211. The zero-order valence-electron chi connectivity index (χ0n) is 10.9. The van der Waals surface area contributed by atoms with Crippen LogP contribution >= 0.6 is 45.6 Å². The number of carbonyl (C=O) groups is 2. The van der Waals surface area contributed by atoms with Gasteiger partial charge in [0, 0.05) is 16.3 Å². The van der Waals surface area contributed by atoms with Crippen LogP contribution in [0.3, 0.4) is 0 Å².